The topological polar surface area (TPSA) is 65.5 Å². The standard InChI is InChI=1S/C19H24N4O2S/c1-15(24)23(17-8-5-4-6-9-17)19-21-16(14-26-19)10-11-18(25)20-12-7-13-22(2)3/h4-6,8-11,14H,7,12-13H2,1-3H3,(H,20,25)/b11-10+. The summed E-state index contributed by atoms with van der Waals surface area (Å²) in [5.74, 6) is -0.260. The van der Waals surface area contributed by atoms with Crippen molar-refractivity contribution in [1.29, 1.82) is 0 Å². The van der Waals surface area contributed by atoms with Crippen molar-refractivity contribution >= 4 is 40.0 Å². The van der Waals surface area contributed by atoms with E-state index in [2.05, 4.69) is 15.2 Å². The zero-order valence-electron chi connectivity index (χ0n) is 15.3. The maximum absolute atomic E-state index is 12.0. The molecule has 0 saturated carbocycles. The molecule has 1 aromatic carbocycles. The van der Waals surface area contributed by atoms with Gasteiger partial charge in [-0.1, -0.05) is 18.2 Å². The second-order valence-corrected chi connectivity index (χ2v) is 6.86. The molecule has 1 heterocycles. The van der Waals surface area contributed by atoms with Gasteiger partial charge in [-0.15, -0.1) is 11.3 Å². The molecule has 2 aromatic rings. The summed E-state index contributed by atoms with van der Waals surface area (Å²) < 4.78 is 0. The molecule has 0 unspecified atom stereocenters. The summed E-state index contributed by atoms with van der Waals surface area (Å²) in [7, 11) is 4.00. The largest absolute Gasteiger partial charge is 0.353 e. The van der Waals surface area contributed by atoms with Crippen LogP contribution in [0.15, 0.2) is 41.8 Å². The van der Waals surface area contributed by atoms with Crippen LogP contribution in [0.25, 0.3) is 6.08 Å². The van der Waals surface area contributed by atoms with Crippen LogP contribution in [0.2, 0.25) is 0 Å². The van der Waals surface area contributed by atoms with Crippen molar-refractivity contribution in [2.45, 2.75) is 13.3 Å². The van der Waals surface area contributed by atoms with Crippen molar-refractivity contribution in [1.82, 2.24) is 15.2 Å². The average Bonchev–Trinajstić information content (AvgIpc) is 3.06. The number of amides is 2. The normalized spacial score (nSPS) is 11.1. The number of nitrogens with one attached hydrogen (secondary N) is 1. The average molecular weight is 372 g/mol. The molecule has 0 saturated heterocycles. The minimum Gasteiger partial charge on any atom is -0.353 e. The van der Waals surface area contributed by atoms with Crippen LogP contribution >= 0.6 is 11.3 Å². The van der Waals surface area contributed by atoms with Crippen LogP contribution in [0.5, 0.6) is 0 Å². The minimum absolute atomic E-state index is 0.111. The number of benzene rings is 1. The SMILES string of the molecule is CC(=O)N(c1ccccc1)c1nc(/C=C/C(=O)NCCCN(C)C)cs1. The van der Waals surface area contributed by atoms with Gasteiger partial charge in [-0.05, 0) is 45.3 Å². The summed E-state index contributed by atoms with van der Waals surface area (Å²) in [5.41, 5.74) is 1.42. The molecule has 0 radical (unpaired) electrons. The van der Waals surface area contributed by atoms with Crippen molar-refractivity contribution in [2.24, 2.45) is 0 Å². The number of nitrogens with zero attached hydrogens (tertiary/aromatic N) is 3. The molecular weight excluding hydrogens is 348 g/mol. The molecule has 138 valence electrons. The predicted molar refractivity (Wildman–Crippen MR) is 107 cm³/mol. The molecule has 0 atom stereocenters. The first-order valence-electron chi connectivity index (χ1n) is 8.39. The molecule has 26 heavy (non-hydrogen) atoms. The van der Waals surface area contributed by atoms with Gasteiger partial charge in [0.15, 0.2) is 5.13 Å². The lowest BCUT2D eigenvalue weighted by atomic mass is 10.3. The number of thiazole rings is 1. The smallest absolute Gasteiger partial charge is 0.244 e. The van der Waals surface area contributed by atoms with Gasteiger partial charge in [0.2, 0.25) is 11.8 Å². The zero-order chi connectivity index (χ0) is 18.9. The van der Waals surface area contributed by atoms with E-state index in [1.807, 2.05) is 49.8 Å². The highest BCUT2D eigenvalue weighted by Crippen LogP contribution is 2.28. The van der Waals surface area contributed by atoms with Crippen LogP contribution in [0.1, 0.15) is 19.0 Å². The number of rotatable bonds is 8. The summed E-state index contributed by atoms with van der Waals surface area (Å²) in [4.78, 5) is 31.9. The first kappa shape index (κ1) is 19.8. The summed E-state index contributed by atoms with van der Waals surface area (Å²) >= 11 is 1.36. The van der Waals surface area contributed by atoms with Crippen LogP contribution in [-0.2, 0) is 9.59 Å². The molecule has 6 nitrogen and oxygen atoms in total. The number of hydrogen-bond donors (Lipinski definition) is 1. The van der Waals surface area contributed by atoms with E-state index in [1.54, 1.807) is 11.0 Å². The van der Waals surface area contributed by atoms with Gasteiger partial charge in [-0.25, -0.2) is 4.98 Å². The van der Waals surface area contributed by atoms with Gasteiger partial charge in [-0.3, -0.25) is 14.5 Å². The second kappa shape index (κ2) is 9.84. The molecule has 0 spiro atoms. The number of aromatic nitrogens is 1. The van der Waals surface area contributed by atoms with E-state index in [9.17, 15) is 9.59 Å². The fourth-order valence-electron chi connectivity index (χ4n) is 2.29. The molecule has 0 aliphatic rings. The maximum atomic E-state index is 12.0. The van der Waals surface area contributed by atoms with E-state index in [0.29, 0.717) is 17.4 Å². The summed E-state index contributed by atoms with van der Waals surface area (Å²) in [6, 6.07) is 9.37. The quantitative estimate of drug-likeness (QED) is 0.572. The maximum Gasteiger partial charge on any atom is 0.244 e. The second-order valence-electron chi connectivity index (χ2n) is 6.03. The Hall–Kier alpha value is -2.51. The van der Waals surface area contributed by atoms with Crippen molar-refractivity contribution in [3.8, 4) is 0 Å². The Kier molecular flexibility index (Phi) is 7.50. The molecule has 0 bridgehead atoms. The van der Waals surface area contributed by atoms with Crippen molar-refractivity contribution < 1.29 is 9.59 Å². The molecule has 0 aliphatic carbocycles. The van der Waals surface area contributed by atoms with E-state index in [1.165, 1.54) is 24.3 Å². The third-order valence-electron chi connectivity index (χ3n) is 3.52. The van der Waals surface area contributed by atoms with Crippen LogP contribution in [0.4, 0.5) is 10.8 Å². The fraction of sp³-hybridized carbons (Fsp3) is 0.316. The highest BCUT2D eigenvalue weighted by atomic mass is 32.1. The molecule has 0 fully saturated rings. The van der Waals surface area contributed by atoms with E-state index in [4.69, 9.17) is 0 Å². The zero-order valence-corrected chi connectivity index (χ0v) is 16.1. The van der Waals surface area contributed by atoms with E-state index in [0.717, 1.165) is 18.7 Å². The molecule has 2 rings (SSSR count). The lowest BCUT2D eigenvalue weighted by Gasteiger charge is -2.17. The number of anilines is 2. The molecular formula is C19H24N4O2S. The van der Waals surface area contributed by atoms with Crippen molar-refractivity contribution in [2.75, 3.05) is 32.1 Å². The fourth-order valence-corrected chi connectivity index (χ4v) is 3.14. The van der Waals surface area contributed by atoms with Gasteiger partial charge in [-0.2, -0.15) is 0 Å². The highest BCUT2D eigenvalue weighted by molar-refractivity contribution is 7.14. The van der Waals surface area contributed by atoms with Gasteiger partial charge in [0.25, 0.3) is 0 Å². The lowest BCUT2D eigenvalue weighted by Crippen LogP contribution is -2.25. The Morgan fingerprint density at radius 1 is 1.23 bits per heavy atom. The molecule has 1 N–H and O–H groups in total. The molecule has 1 aromatic heterocycles. The number of hydrogen-bond acceptors (Lipinski definition) is 5. The predicted octanol–water partition coefficient (Wildman–Crippen LogP) is 2.91. The van der Waals surface area contributed by atoms with Gasteiger partial charge in [0.1, 0.15) is 0 Å². The van der Waals surface area contributed by atoms with Crippen molar-refractivity contribution in [3.05, 3.63) is 47.5 Å². The first-order valence-corrected chi connectivity index (χ1v) is 9.27. The first-order chi connectivity index (χ1) is 12.5. The number of carbonyl (C=O) groups is 2. The van der Waals surface area contributed by atoms with Gasteiger partial charge < -0.3 is 10.2 Å². The van der Waals surface area contributed by atoms with Gasteiger partial charge in [0.05, 0.1) is 11.4 Å². The minimum atomic E-state index is -0.148. The third kappa shape index (κ3) is 6.09. The Bertz CT molecular complexity index is 756. The van der Waals surface area contributed by atoms with Gasteiger partial charge in [0, 0.05) is 24.9 Å². The molecule has 0 aliphatic heterocycles. The van der Waals surface area contributed by atoms with Crippen LogP contribution in [0.3, 0.4) is 0 Å². The monoisotopic (exact) mass is 372 g/mol. The lowest BCUT2D eigenvalue weighted by molar-refractivity contribution is -0.117. The Labute approximate surface area is 158 Å². The van der Waals surface area contributed by atoms with Crippen LogP contribution in [-0.4, -0.2) is 48.9 Å². The highest BCUT2D eigenvalue weighted by Gasteiger charge is 2.17. The van der Waals surface area contributed by atoms with Crippen LogP contribution < -0.4 is 10.2 Å². The summed E-state index contributed by atoms with van der Waals surface area (Å²) in [5, 5.41) is 5.24. The Morgan fingerprint density at radius 2 is 1.96 bits per heavy atom. The van der Waals surface area contributed by atoms with Gasteiger partial charge >= 0.3 is 0 Å². The summed E-state index contributed by atoms with van der Waals surface area (Å²) in [6.07, 6.45) is 4.03. The molecule has 7 heteroatoms. The number of carbonyl (C=O) groups excluding carboxylic acids is 2. The third-order valence-corrected chi connectivity index (χ3v) is 4.36. The van der Waals surface area contributed by atoms with Crippen molar-refractivity contribution in [3.63, 3.8) is 0 Å². The van der Waals surface area contributed by atoms with Crippen LogP contribution in [0, 0.1) is 0 Å². The Morgan fingerprint density at radius 3 is 2.62 bits per heavy atom. The Balaban J connectivity index is 1.98. The summed E-state index contributed by atoms with van der Waals surface area (Å²) in [6.45, 7) is 3.07. The number of para-hydroxylation sites is 1. The van der Waals surface area contributed by atoms with E-state index < -0.39 is 0 Å². The van der Waals surface area contributed by atoms with E-state index >= 15 is 0 Å². The van der Waals surface area contributed by atoms with E-state index in [-0.39, 0.29) is 11.8 Å². The molecule has 2 amide bonds.